The van der Waals surface area contributed by atoms with Crippen LogP contribution in [0.1, 0.15) is 59.8 Å². The summed E-state index contributed by atoms with van der Waals surface area (Å²) in [5.74, 6) is -2.05. The molecule has 0 radical (unpaired) electrons. The predicted octanol–water partition coefficient (Wildman–Crippen LogP) is 4.91. The van der Waals surface area contributed by atoms with Gasteiger partial charge in [-0.05, 0) is 24.5 Å². The molecule has 0 heterocycles. The first kappa shape index (κ1) is 19.7. The molecular formula is C15H28F2O2S. The Morgan fingerprint density at radius 2 is 1.85 bits per heavy atom. The Morgan fingerprint density at radius 3 is 2.35 bits per heavy atom. The molecule has 0 bridgehead atoms. The molecule has 0 aromatic heterocycles. The van der Waals surface area contributed by atoms with E-state index >= 15 is 0 Å². The van der Waals surface area contributed by atoms with Gasteiger partial charge in [0.05, 0.1) is 6.61 Å². The minimum Gasteiger partial charge on any atom is -0.465 e. The summed E-state index contributed by atoms with van der Waals surface area (Å²) in [6.45, 7) is 8.05. The first-order chi connectivity index (χ1) is 9.34. The molecule has 0 saturated carbocycles. The number of esters is 1. The number of rotatable bonds is 11. The van der Waals surface area contributed by atoms with E-state index in [1.165, 1.54) is 11.8 Å². The monoisotopic (exact) mass is 310 g/mol. The molecule has 0 rings (SSSR count). The minimum absolute atomic E-state index is 0.0518. The number of hydrogen-bond donors (Lipinski definition) is 0. The molecule has 1 atom stereocenters. The van der Waals surface area contributed by atoms with Gasteiger partial charge in [0.15, 0.2) is 0 Å². The molecule has 0 aromatic rings. The number of thioether (sulfide) groups is 1. The highest BCUT2D eigenvalue weighted by atomic mass is 32.2. The maximum Gasteiger partial charge on any atom is 0.319 e. The maximum absolute atomic E-state index is 13.3. The second-order valence-electron chi connectivity index (χ2n) is 5.41. The van der Waals surface area contributed by atoms with Crippen LogP contribution in [-0.4, -0.2) is 29.5 Å². The van der Waals surface area contributed by atoms with Crippen molar-refractivity contribution >= 4 is 17.7 Å². The Bertz CT molecular complexity index is 271. The Labute approximate surface area is 126 Å². The molecule has 0 N–H and O–H groups in total. The standard InChI is InChI=1S/C15H28F2O2S/c1-5-8-15(16,17)9-7-11-20-13(12(3)4)14(18)19-10-6-2/h12-13H,5-11H2,1-4H3. The van der Waals surface area contributed by atoms with Crippen LogP contribution >= 0.6 is 11.8 Å². The van der Waals surface area contributed by atoms with Gasteiger partial charge in [-0.2, -0.15) is 0 Å². The lowest BCUT2D eigenvalue weighted by atomic mass is 10.1. The Hall–Kier alpha value is -0.320. The van der Waals surface area contributed by atoms with Crippen molar-refractivity contribution in [1.82, 2.24) is 0 Å². The van der Waals surface area contributed by atoms with Crippen LogP contribution in [-0.2, 0) is 9.53 Å². The topological polar surface area (TPSA) is 26.3 Å². The molecule has 20 heavy (non-hydrogen) atoms. The van der Waals surface area contributed by atoms with Gasteiger partial charge in [-0.25, -0.2) is 8.78 Å². The third kappa shape index (κ3) is 8.77. The summed E-state index contributed by atoms with van der Waals surface area (Å²) in [5, 5.41) is -0.249. The van der Waals surface area contributed by atoms with Gasteiger partial charge in [0, 0.05) is 12.8 Å². The van der Waals surface area contributed by atoms with Gasteiger partial charge in [0.25, 0.3) is 0 Å². The van der Waals surface area contributed by atoms with E-state index < -0.39 is 5.92 Å². The lowest BCUT2D eigenvalue weighted by molar-refractivity contribution is -0.143. The third-order valence-electron chi connectivity index (χ3n) is 2.89. The molecule has 0 spiro atoms. The quantitative estimate of drug-likeness (QED) is 0.400. The molecule has 1 unspecified atom stereocenters. The fourth-order valence-corrected chi connectivity index (χ4v) is 3.00. The summed E-state index contributed by atoms with van der Waals surface area (Å²) in [6.07, 6.45) is 1.58. The third-order valence-corrected chi connectivity index (χ3v) is 4.51. The summed E-state index contributed by atoms with van der Waals surface area (Å²) in [6, 6.07) is 0. The molecular weight excluding hydrogens is 282 g/mol. The number of alkyl halides is 2. The fourth-order valence-electron chi connectivity index (χ4n) is 1.85. The summed E-state index contributed by atoms with van der Waals surface area (Å²) in [4.78, 5) is 11.8. The van der Waals surface area contributed by atoms with E-state index in [1.807, 2.05) is 20.8 Å². The van der Waals surface area contributed by atoms with Crippen LogP contribution in [0, 0.1) is 5.92 Å². The zero-order chi connectivity index (χ0) is 15.6. The molecule has 0 fully saturated rings. The zero-order valence-corrected chi connectivity index (χ0v) is 13.9. The minimum atomic E-state index is -2.56. The van der Waals surface area contributed by atoms with Gasteiger partial charge < -0.3 is 4.74 Å². The van der Waals surface area contributed by atoms with Crippen LogP contribution in [0.3, 0.4) is 0 Å². The van der Waals surface area contributed by atoms with E-state index in [1.54, 1.807) is 6.92 Å². The highest BCUT2D eigenvalue weighted by molar-refractivity contribution is 8.00. The maximum atomic E-state index is 13.3. The first-order valence-electron chi connectivity index (χ1n) is 7.50. The van der Waals surface area contributed by atoms with Crippen LogP contribution in [0.15, 0.2) is 0 Å². The van der Waals surface area contributed by atoms with E-state index in [0.717, 1.165) is 6.42 Å². The summed E-state index contributed by atoms with van der Waals surface area (Å²) < 4.78 is 31.8. The van der Waals surface area contributed by atoms with Crippen LogP contribution in [0.5, 0.6) is 0 Å². The van der Waals surface area contributed by atoms with Crippen molar-refractivity contribution in [2.75, 3.05) is 12.4 Å². The van der Waals surface area contributed by atoms with Gasteiger partial charge in [-0.1, -0.05) is 34.1 Å². The Morgan fingerprint density at radius 1 is 1.20 bits per heavy atom. The molecule has 120 valence electrons. The van der Waals surface area contributed by atoms with E-state index in [4.69, 9.17) is 4.74 Å². The second kappa shape index (κ2) is 10.4. The van der Waals surface area contributed by atoms with Gasteiger partial charge in [0.2, 0.25) is 5.92 Å². The van der Waals surface area contributed by atoms with Crippen LogP contribution < -0.4 is 0 Å². The average Bonchev–Trinajstić information content (AvgIpc) is 2.35. The van der Waals surface area contributed by atoms with Gasteiger partial charge in [0.1, 0.15) is 5.25 Å². The highest BCUT2D eigenvalue weighted by Crippen LogP contribution is 2.28. The van der Waals surface area contributed by atoms with Crippen molar-refractivity contribution in [3.63, 3.8) is 0 Å². The predicted molar refractivity (Wildman–Crippen MR) is 81.4 cm³/mol. The smallest absolute Gasteiger partial charge is 0.319 e. The van der Waals surface area contributed by atoms with Crippen LogP contribution in [0.4, 0.5) is 8.78 Å². The van der Waals surface area contributed by atoms with E-state index in [9.17, 15) is 13.6 Å². The number of carbonyl (C=O) groups is 1. The van der Waals surface area contributed by atoms with Gasteiger partial charge in [-0.3, -0.25) is 4.79 Å². The molecule has 0 aliphatic carbocycles. The van der Waals surface area contributed by atoms with E-state index in [-0.39, 0.29) is 30.0 Å². The fraction of sp³-hybridized carbons (Fsp3) is 0.933. The van der Waals surface area contributed by atoms with Crippen molar-refractivity contribution in [3.05, 3.63) is 0 Å². The van der Waals surface area contributed by atoms with Crippen LogP contribution in [0.25, 0.3) is 0 Å². The van der Waals surface area contributed by atoms with Crippen molar-refractivity contribution in [3.8, 4) is 0 Å². The van der Waals surface area contributed by atoms with Crippen molar-refractivity contribution in [2.24, 2.45) is 5.92 Å². The SMILES string of the molecule is CCCOC(=O)C(SCCCC(F)(F)CCC)C(C)C. The zero-order valence-electron chi connectivity index (χ0n) is 13.1. The molecule has 0 aliphatic rings. The molecule has 0 amide bonds. The average molecular weight is 310 g/mol. The molecule has 0 aromatic carbocycles. The Balaban J connectivity index is 4.07. The second-order valence-corrected chi connectivity index (χ2v) is 6.66. The molecule has 2 nitrogen and oxygen atoms in total. The summed E-state index contributed by atoms with van der Waals surface area (Å²) >= 11 is 1.44. The van der Waals surface area contributed by atoms with Crippen molar-refractivity contribution in [1.29, 1.82) is 0 Å². The van der Waals surface area contributed by atoms with Crippen molar-refractivity contribution in [2.45, 2.75) is 71.0 Å². The normalized spacial score (nSPS) is 13.6. The summed E-state index contributed by atoms with van der Waals surface area (Å²) in [7, 11) is 0. The highest BCUT2D eigenvalue weighted by Gasteiger charge is 2.28. The van der Waals surface area contributed by atoms with Crippen LogP contribution in [0.2, 0.25) is 0 Å². The molecule has 0 aliphatic heterocycles. The lowest BCUT2D eigenvalue weighted by Crippen LogP contribution is -2.26. The molecule has 5 heteroatoms. The number of carbonyl (C=O) groups excluding carboxylic acids is 1. The lowest BCUT2D eigenvalue weighted by Gasteiger charge is -2.20. The molecule has 0 saturated heterocycles. The number of hydrogen-bond acceptors (Lipinski definition) is 3. The largest absolute Gasteiger partial charge is 0.465 e. The van der Waals surface area contributed by atoms with E-state index in [2.05, 4.69) is 0 Å². The Kier molecular flexibility index (Phi) is 10.2. The summed E-state index contributed by atoms with van der Waals surface area (Å²) in [5.41, 5.74) is 0. The van der Waals surface area contributed by atoms with Gasteiger partial charge in [-0.15, -0.1) is 11.8 Å². The number of ether oxygens (including phenoxy) is 1. The van der Waals surface area contributed by atoms with Crippen molar-refractivity contribution < 1.29 is 18.3 Å². The first-order valence-corrected chi connectivity index (χ1v) is 8.55. The van der Waals surface area contributed by atoms with Gasteiger partial charge >= 0.3 is 5.97 Å². The number of halogens is 2. The van der Waals surface area contributed by atoms with E-state index in [0.29, 0.717) is 25.2 Å².